The highest BCUT2D eigenvalue weighted by atomic mass is 32.2. The molecule has 0 aliphatic carbocycles. The summed E-state index contributed by atoms with van der Waals surface area (Å²) in [5, 5.41) is 13.2. The van der Waals surface area contributed by atoms with Crippen molar-refractivity contribution in [2.24, 2.45) is 5.92 Å². The van der Waals surface area contributed by atoms with E-state index in [-0.39, 0.29) is 16.6 Å². The van der Waals surface area contributed by atoms with Crippen LogP contribution in [0, 0.1) is 12.8 Å². The van der Waals surface area contributed by atoms with Gasteiger partial charge >= 0.3 is 5.97 Å². The molecule has 3 aromatic carbocycles. The van der Waals surface area contributed by atoms with Gasteiger partial charge in [-0.25, -0.2) is 8.42 Å². The van der Waals surface area contributed by atoms with Crippen LogP contribution in [-0.2, 0) is 26.0 Å². The SMILES string of the molecule is COCCCc1cccc2oc(C(=O)Nc3ccc(-c4ccc(S(=O)(=O)NC(C(=O)O)C(C)C)cc4)cc3)c(C)c12. The number of hydrogen-bond donors (Lipinski definition) is 3. The lowest BCUT2D eigenvalue weighted by Gasteiger charge is -2.18. The zero-order valence-electron chi connectivity index (χ0n) is 23.4. The summed E-state index contributed by atoms with van der Waals surface area (Å²) in [6.45, 7) is 5.81. The molecular formula is C31H34N2O7S. The summed E-state index contributed by atoms with van der Waals surface area (Å²) in [6, 6.07) is 17.9. The number of amides is 1. The van der Waals surface area contributed by atoms with Crippen molar-refractivity contribution in [1.82, 2.24) is 4.72 Å². The highest BCUT2D eigenvalue weighted by molar-refractivity contribution is 7.89. The zero-order chi connectivity index (χ0) is 29.7. The molecule has 216 valence electrons. The van der Waals surface area contributed by atoms with E-state index < -0.39 is 28.0 Å². The summed E-state index contributed by atoms with van der Waals surface area (Å²) >= 11 is 0. The maximum absolute atomic E-state index is 13.1. The summed E-state index contributed by atoms with van der Waals surface area (Å²) in [7, 11) is -2.34. The number of carboxylic acids is 1. The van der Waals surface area contributed by atoms with E-state index >= 15 is 0 Å². The third-order valence-corrected chi connectivity index (χ3v) is 8.35. The normalized spacial score (nSPS) is 12.5. The minimum Gasteiger partial charge on any atom is -0.480 e. The second-order valence-corrected chi connectivity index (χ2v) is 11.9. The largest absolute Gasteiger partial charge is 0.480 e. The fourth-order valence-electron chi connectivity index (χ4n) is 4.69. The molecule has 0 saturated carbocycles. The van der Waals surface area contributed by atoms with E-state index in [9.17, 15) is 23.1 Å². The van der Waals surface area contributed by atoms with Crippen molar-refractivity contribution >= 4 is 38.6 Å². The molecule has 0 aliphatic heterocycles. The van der Waals surface area contributed by atoms with Crippen LogP contribution in [-0.4, -0.2) is 45.2 Å². The van der Waals surface area contributed by atoms with Crippen LogP contribution >= 0.6 is 0 Å². The number of fused-ring (bicyclic) bond motifs is 1. The van der Waals surface area contributed by atoms with Crippen LogP contribution in [0.4, 0.5) is 5.69 Å². The van der Waals surface area contributed by atoms with Gasteiger partial charge in [-0.05, 0) is 72.7 Å². The number of methoxy groups -OCH3 is 1. The van der Waals surface area contributed by atoms with Crippen molar-refractivity contribution < 1.29 is 32.3 Å². The summed E-state index contributed by atoms with van der Waals surface area (Å²) in [6.07, 6.45) is 1.69. The van der Waals surface area contributed by atoms with Gasteiger partial charge in [-0.3, -0.25) is 9.59 Å². The van der Waals surface area contributed by atoms with Crippen LogP contribution in [0.5, 0.6) is 0 Å². The summed E-state index contributed by atoms with van der Waals surface area (Å²) in [5.41, 5.74) is 4.72. The number of sulfonamides is 1. The molecule has 3 N–H and O–H groups in total. The van der Waals surface area contributed by atoms with Gasteiger partial charge in [0.1, 0.15) is 11.6 Å². The summed E-state index contributed by atoms with van der Waals surface area (Å²) in [5.74, 6) is -1.74. The van der Waals surface area contributed by atoms with Gasteiger partial charge in [0.25, 0.3) is 5.91 Å². The molecule has 9 nitrogen and oxygen atoms in total. The zero-order valence-corrected chi connectivity index (χ0v) is 24.2. The molecule has 1 aromatic heterocycles. The predicted molar refractivity (Wildman–Crippen MR) is 158 cm³/mol. The summed E-state index contributed by atoms with van der Waals surface area (Å²) in [4.78, 5) is 24.5. The molecule has 0 fully saturated rings. The molecule has 1 atom stereocenters. The van der Waals surface area contributed by atoms with E-state index in [1.165, 1.54) is 12.1 Å². The second kappa shape index (κ2) is 12.7. The molecule has 0 saturated heterocycles. The molecular weight excluding hydrogens is 544 g/mol. The minimum absolute atomic E-state index is 0.0277. The molecule has 0 radical (unpaired) electrons. The van der Waals surface area contributed by atoms with E-state index in [4.69, 9.17) is 9.15 Å². The van der Waals surface area contributed by atoms with Gasteiger partial charge in [-0.1, -0.05) is 50.2 Å². The first-order valence-electron chi connectivity index (χ1n) is 13.3. The molecule has 0 aliphatic rings. The highest BCUT2D eigenvalue weighted by Crippen LogP contribution is 2.30. The molecule has 10 heteroatoms. The number of carbonyl (C=O) groups excluding carboxylic acids is 1. The minimum atomic E-state index is -4.01. The van der Waals surface area contributed by atoms with Gasteiger partial charge in [-0.15, -0.1) is 0 Å². The van der Waals surface area contributed by atoms with Gasteiger partial charge in [-0.2, -0.15) is 4.72 Å². The van der Waals surface area contributed by atoms with E-state index in [1.807, 2.05) is 37.3 Å². The van der Waals surface area contributed by atoms with Crippen molar-refractivity contribution in [3.05, 3.63) is 83.6 Å². The van der Waals surface area contributed by atoms with Crippen LogP contribution in [0.15, 0.2) is 76.0 Å². The quantitative estimate of drug-likeness (QED) is 0.186. The highest BCUT2D eigenvalue weighted by Gasteiger charge is 2.28. The number of aryl methyl sites for hydroxylation is 2. The average molecular weight is 579 g/mol. The van der Waals surface area contributed by atoms with Crippen LogP contribution in [0.3, 0.4) is 0 Å². The fraction of sp³-hybridized carbons (Fsp3) is 0.290. The lowest BCUT2D eigenvalue weighted by atomic mass is 10.0. The van der Waals surface area contributed by atoms with E-state index in [0.717, 1.165) is 40.5 Å². The Morgan fingerprint density at radius 1 is 0.976 bits per heavy atom. The van der Waals surface area contributed by atoms with Crippen LogP contribution < -0.4 is 10.0 Å². The molecule has 0 spiro atoms. The number of carbonyl (C=O) groups is 2. The number of nitrogens with one attached hydrogen (secondary N) is 2. The Morgan fingerprint density at radius 3 is 2.20 bits per heavy atom. The van der Waals surface area contributed by atoms with Crippen LogP contribution in [0.1, 0.15) is 41.9 Å². The fourth-order valence-corrected chi connectivity index (χ4v) is 6.02. The van der Waals surface area contributed by atoms with Crippen molar-refractivity contribution in [1.29, 1.82) is 0 Å². The third kappa shape index (κ3) is 6.84. The molecule has 41 heavy (non-hydrogen) atoms. The van der Waals surface area contributed by atoms with Crippen LogP contribution in [0.2, 0.25) is 0 Å². The first kappa shape index (κ1) is 30.0. The Morgan fingerprint density at radius 2 is 1.61 bits per heavy atom. The first-order valence-corrected chi connectivity index (χ1v) is 14.8. The Kier molecular flexibility index (Phi) is 9.27. The Labute approximate surface area is 239 Å². The van der Waals surface area contributed by atoms with Crippen molar-refractivity contribution in [2.45, 2.75) is 44.6 Å². The Hall–Kier alpha value is -3.99. The smallest absolute Gasteiger partial charge is 0.322 e. The van der Waals surface area contributed by atoms with Gasteiger partial charge in [0.15, 0.2) is 5.76 Å². The molecule has 0 bridgehead atoms. The predicted octanol–water partition coefficient (Wildman–Crippen LogP) is 5.63. The lowest BCUT2D eigenvalue weighted by Crippen LogP contribution is -2.44. The number of benzene rings is 3. The second-order valence-electron chi connectivity index (χ2n) is 10.2. The third-order valence-electron chi connectivity index (χ3n) is 6.90. The average Bonchev–Trinajstić information content (AvgIpc) is 3.29. The molecule has 4 aromatic rings. The van der Waals surface area contributed by atoms with Gasteiger partial charge < -0.3 is 19.6 Å². The number of ether oxygens (including phenoxy) is 1. The number of anilines is 1. The molecule has 1 heterocycles. The molecule has 1 amide bonds. The maximum atomic E-state index is 13.1. The standard InChI is InChI=1S/C31H34N2O7S/c1-19(2)28(31(35)36)33-41(37,38)25-16-12-22(13-17-25)21-10-14-24(15-11-21)32-30(34)29-20(3)27-23(8-6-18-39-4)7-5-9-26(27)40-29/h5,7,9-17,19,28,33H,6,8,18H2,1-4H3,(H,32,34)(H,35,36). The van der Waals surface area contributed by atoms with Crippen molar-refractivity contribution in [3.63, 3.8) is 0 Å². The van der Waals surface area contributed by atoms with Gasteiger partial charge in [0, 0.05) is 30.4 Å². The number of hydrogen-bond acceptors (Lipinski definition) is 6. The topological polar surface area (TPSA) is 135 Å². The van der Waals surface area contributed by atoms with Crippen molar-refractivity contribution in [2.75, 3.05) is 19.0 Å². The molecule has 1 unspecified atom stereocenters. The monoisotopic (exact) mass is 578 g/mol. The number of furan rings is 1. The van der Waals surface area contributed by atoms with Gasteiger partial charge in [0.05, 0.1) is 4.90 Å². The molecule has 4 rings (SSSR count). The summed E-state index contributed by atoms with van der Waals surface area (Å²) < 4.78 is 38.7. The van der Waals surface area contributed by atoms with Crippen LogP contribution in [0.25, 0.3) is 22.1 Å². The van der Waals surface area contributed by atoms with Gasteiger partial charge in [0.2, 0.25) is 10.0 Å². The maximum Gasteiger partial charge on any atom is 0.322 e. The number of carboxylic acid groups (broad SMARTS) is 1. The number of aliphatic carboxylic acids is 1. The lowest BCUT2D eigenvalue weighted by molar-refractivity contribution is -0.140. The number of rotatable bonds is 12. The Bertz CT molecular complexity index is 1640. The van der Waals surface area contributed by atoms with Crippen molar-refractivity contribution in [3.8, 4) is 11.1 Å². The van der Waals surface area contributed by atoms with E-state index in [0.29, 0.717) is 17.9 Å². The van der Waals surface area contributed by atoms with E-state index in [2.05, 4.69) is 10.0 Å². The Balaban J connectivity index is 1.47. The van der Waals surface area contributed by atoms with E-state index in [1.54, 1.807) is 45.2 Å². The first-order chi connectivity index (χ1) is 19.5.